The van der Waals surface area contributed by atoms with Crippen LogP contribution in [-0.2, 0) is 17.8 Å². The number of nitrogens with zero attached hydrogens (tertiary/aromatic N) is 2. The second-order valence-electron chi connectivity index (χ2n) is 6.63. The van der Waals surface area contributed by atoms with Gasteiger partial charge in [0.1, 0.15) is 6.29 Å². The molecular formula is C18H22N2O. The van der Waals surface area contributed by atoms with Crippen molar-refractivity contribution in [3.05, 3.63) is 35.5 Å². The summed E-state index contributed by atoms with van der Waals surface area (Å²) in [6.07, 6.45) is 5.62. The standard InChI is InChI=1S/C18H22N2O/c1-3-20-10-13-8-17-15(7-12(11-21)9-19(17)2)14-5-4-6-16(20)18(13)14/h4-6,10-12,15,17H,3,7-9H2,1-2H3. The fraction of sp³-hybridized carbons (Fsp3) is 0.500. The Kier molecular flexibility index (Phi) is 2.93. The first-order valence-corrected chi connectivity index (χ1v) is 7.99. The van der Waals surface area contributed by atoms with Crippen LogP contribution in [0.25, 0.3) is 10.9 Å². The molecule has 3 nitrogen and oxygen atoms in total. The van der Waals surface area contributed by atoms with E-state index in [0.29, 0.717) is 12.0 Å². The molecule has 3 atom stereocenters. The zero-order chi connectivity index (χ0) is 14.6. The van der Waals surface area contributed by atoms with E-state index in [1.807, 2.05) is 0 Å². The summed E-state index contributed by atoms with van der Waals surface area (Å²) in [5.74, 6) is 0.684. The van der Waals surface area contributed by atoms with Crippen LogP contribution in [0.4, 0.5) is 0 Å². The average Bonchev–Trinajstić information content (AvgIpc) is 2.87. The molecular weight excluding hydrogens is 260 g/mol. The van der Waals surface area contributed by atoms with Gasteiger partial charge in [-0.25, -0.2) is 0 Å². The number of carbonyl (C=O) groups excluding carboxylic acids is 1. The van der Waals surface area contributed by atoms with Crippen molar-refractivity contribution in [1.29, 1.82) is 0 Å². The van der Waals surface area contributed by atoms with E-state index in [1.54, 1.807) is 0 Å². The van der Waals surface area contributed by atoms with Gasteiger partial charge in [0.2, 0.25) is 0 Å². The lowest BCUT2D eigenvalue weighted by atomic mass is 9.73. The molecule has 110 valence electrons. The molecule has 1 fully saturated rings. The number of aldehydes is 1. The number of likely N-dealkylation sites (N-methyl/N-ethyl adjacent to an activating group) is 1. The Morgan fingerprint density at radius 3 is 3.00 bits per heavy atom. The van der Waals surface area contributed by atoms with Gasteiger partial charge >= 0.3 is 0 Å². The maximum atomic E-state index is 11.3. The lowest BCUT2D eigenvalue weighted by molar-refractivity contribution is -0.113. The summed E-state index contributed by atoms with van der Waals surface area (Å²) < 4.78 is 2.36. The maximum Gasteiger partial charge on any atom is 0.124 e. The summed E-state index contributed by atoms with van der Waals surface area (Å²) in [4.78, 5) is 13.7. The van der Waals surface area contributed by atoms with E-state index in [-0.39, 0.29) is 5.92 Å². The summed E-state index contributed by atoms with van der Waals surface area (Å²) in [5, 5.41) is 1.46. The third-order valence-electron chi connectivity index (χ3n) is 5.49. The topological polar surface area (TPSA) is 25.2 Å². The monoisotopic (exact) mass is 282 g/mol. The normalized spacial score (nSPS) is 28.6. The molecule has 2 heterocycles. The van der Waals surface area contributed by atoms with E-state index in [9.17, 15) is 4.79 Å². The molecule has 0 spiro atoms. The van der Waals surface area contributed by atoms with Crippen LogP contribution in [0.2, 0.25) is 0 Å². The smallest absolute Gasteiger partial charge is 0.124 e. The number of hydrogen-bond acceptors (Lipinski definition) is 2. The second-order valence-corrected chi connectivity index (χ2v) is 6.63. The third kappa shape index (κ3) is 1.80. The van der Waals surface area contributed by atoms with Crippen molar-refractivity contribution in [2.75, 3.05) is 13.6 Å². The fourth-order valence-corrected chi connectivity index (χ4v) is 4.52. The number of hydrogen-bond donors (Lipinski definition) is 0. The number of aromatic nitrogens is 1. The molecule has 2 aromatic rings. The summed E-state index contributed by atoms with van der Waals surface area (Å²) >= 11 is 0. The van der Waals surface area contributed by atoms with Gasteiger partial charge in [-0.15, -0.1) is 0 Å². The minimum absolute atomic E-state index is 0.182. The first-order chi connectivity index (χ1) is 10.2. The molecule has 21 heavy (non-hydrogen) atoms. The number of likely N-dealkylation sites (tertiary alicyclic amines) is 1. The molecule has 1 aromatic carbocycles. The van der Waals surface area contributed by atoms with E-state index in [2.05, 4.69) is 47.8 Å². The highest BCUT2D eigenvalue weighted by Crippen LogP contribution is 2.44. The van der Waals surface area contributed by atoms with E-state index in [0.717, 1.165) is 32.2 Å². The van der Waals surface area contributed by atoms with Crippen LogP contribution in [0, 0.1) is 5.92 Å². The quantitative estimate of drug-likeness (QED) is 0.791. The number of fused-ring (bicyclic) bond motifs is 2. The van der Waals surface area contributed by atoms with Crippen molar-refractivity contribution < 1.29 is 4.79 Å². The zero-order valence-electron chi connectivity index (χ0n) is 12.7. The minimum atomic E-state index is 0.182. The van der Waals surface area contributed by atoms with Crippen LogP contribution in [0.3, 0.4) is 0 Å². The Bertz CT molecular complexity index is 703. The van der Waals surface area contributed by atoms with Gasteiger partial charge < -0.3 is 14.3 Å². The molecule has 0 saturated carbocycles. The predicted molar refractivity (Wildman–Crippen MR) is 84.6 cm³/mol. The average molecular weight is 282 g/mol. The Labute approximate surface area is 125 Å². The number of piperidine rings is 1. The Balaban J connectivity index is 1.89. The van der Waals surface area contributed by atoms with Crippen LogP contribution >= 0.6 is 0 Å². The van der Waals surface area contributed by atoms with Gasteiger partial charge in [0.05, 0.1) is 0 Å². The fourth-order valence-electron chi connectivity index (χ4n) is 4.52. The molecule has 0 N–H and O–H groups in total. The lowest BCUT2D eigenvalue weighted by Gasteiger charge is -2.44. The van der Waals surface area contributed by atoms with Crippen LogP contribution in [-0.4, -0.2) is 35.4 Å². The molecule has 1 aromatic heterocycles. The van der Waals surface area contributed by atoms with E-state index < -0.39 is 0 Å². The maximum absolute atomic E-state index is 11.3. The summed E-state index contributed by atoms with van der Waals surface area (Å²) in [7, 11) is 2.18. The largest absolute Gasteiger partial charge is 0.347 e. The van der Waals surface area contributed by atoms with E-state index in [1.165, 1.54) is 22.0 Å². The Morgan fingerprint density at radius 1 is 1.38 bits per heavy atom. The molecule has 0 amide bonds. The van der Waals surface area contributed by atoms with Crippen molar-refractivity contribution in [3.8, 4) is 0 Å². The highest BCUT2D eigenvalue weighted by Gasteiger charge is 2.39. The molecule has 3 heteroatoms. The van der Waals surface area contributed by atoms with Crippen LogP contribution in [0.1, 0.15) is 30.4 Å². The van der Waals surface area contributed by atoms with E-state index >= 15 is 0 Å². The van der Waals surface area contributed by atoms with Gasteiger partial charge in [0, 0.05) is 48.1 Å². The number of carbonyl (C=O) groups is 1. The van der Waals surface area contributed by atoms with Crippen molar-refractivity contribution in [2.45, 2.75) is 38.3 Å². The van der Waals surface area contributed by atoms with Gasteiger partial charge in [-0.3, -0.25) is 0 Å². The SMILES string of the molecule is CCn1cc2c3c(cccc31)C1CC(C=O)CN(C)C1C2. The number of rotatable bonds is 2. The van der Waals surface area contributed by atoms with E-state index in [4.69, 9.17) is 0 Å². The van der Waals surface area contributed by atoms with Crippen molar-refractivity contribution in [2.24, 2.45) is 5.92 Å². The summed E-state index contributed by atoms with van der Waals surface area (Å²) in [5.41, 5.74) is 4.31. The third-order valence-corrected chi connectivity index (χ3v) is 5.49. The number of benzene rings is 1. The number of aryl methyl sites for hydroxylation is 1. The van der Waals surface area contributed by atoms with Crippen LogP contribution in [0.5, 0.6) is 0 Å². The Hall–Kier alpha value is -1.61. The molecule has 1 aliphatic heterocycles. The molecule has 1 saturated heterocycles. The van der Waals surface area contributed by atoms with Crippen molar-refractivity contribution in [1.82, 2.24) is 9.47 Å². The van der Waals surface area contributed by atoms with Gasteiger partial charge in [-0.05, 0) is 44.0 Å². The first-order valence-electron chi connectivity index (χ1n) is 7.99. The highest BCUT2D eigenvalue weighted by atomic mass is 16.1. The lowest BCUT2D eigenvalue weighted by Crippen LogP contribution is -2.48. The van der Waals surface area contributed by atoms with Gasteiger partial charge in [-0.2, -0.15) is 0 Å². The minimum Gasteiger partial charge on any atom is -0.347 e. The second kappa shape index (κ2) is 4.70. The van der Waals surface area contributed by atoms with Gasteiger partial charge in [-0.1, -0.05) is 12.1 Å². The van der Waals surface area contributed by atoms with Crippen molar-refractivity contribution in [3.63, 3.8) is 0 Å². The summed E-state index contributed by atoms with van der Waals surface area (Å²) in [6, 6.07) is 7.24. The molecule has 3 unspecified atom stereocenters. The summed E-state index contributed by atoms with van der Waals surface area (Å²) in [6.45, 7) is 4.13. The molecule has 0 bridgehead atoms. The predicted octanol–water partition coefficient (Wildman–Crippen LogP) is 2.82. The highest BCUT2D eigenvalue weighted by molar-refractivity contribution is 5.89. The Morgan fingerprint density at radius 2 is 2.24 bits per heavy atom. The molecule has 1 aliphatic carbocycles. The van der Waals surface area contributed by atoms with Gasteiger partial charge in [0.15, 0.2) is 0 Å². The molecule has 4 rings (SSSR count). The van der Waals surface area contributed by atoms with Gasteiger partial charge in [0.25, 0.3) is 0 Å². The van der Waals surface area contributed by atoms with Crippen LogP contribution < -0.4 is 0 Å². The molecule has 0 radical (unpaired) electrons. The van der Waals surface area contributed by atoms with Crippen LogP contribution in [0.15, 0.2) is 24.4 Å². The first kappa shape index (κ1) is 13.1. The molecule has 2 aliphatic rings. The van der Waals surface area contributed by atoms with Crippen molar-refractivity contribution >= 4 is 17.2 Å². The zero-order valence-corrected chi connectivity index (χ0v) is 12.7.